The number of nitrogens with one attached hydrogen (secondary N) is 1. The molecule has 0 saturated heterocycles. The summed E-state index contributed by atoms with van der Waals surface area (Å²) >= 11 is 0. The maximum absolute atomic E-state index is 10.3. The van der Waals surface area contributed by atoms with Gasteiger partial charge in [-0.15, -0.1) is 0 Å². The van der Waals surface area contributed by atoms with Gasteiger partial charge in [0.05, 0.1) is 5.69 Å². The molecule has 2 heterocycles. The van der Waals surface area contributed by atoms with Gasteiger partial charge in [-0.3, -0.25) is 5.32 Å². The molecule has 2 N–H and O–H groups in total. The Hall–Kier alpha value is -1.36. The van der Waals surface area contributed by atoms with E-state index < -0.39 is 6.23 Å². The van der Waals surface area contributed by atoms with Gasteiger partial charge in [0, 0.05) is 30.5 Å². The smallest absolute Gasteiger partial charge is 0.146 e. The van der Waals surface area contributed by atoms with Crippen LogP contribution in [0.3, 0.4) is 0 Å². The van der Waals surface area contributed by atoms with Crippen molar-refractivity contribution in [2.24, 2.45) is 0 Å². The van der Waals surface area contributed by atoms with Gasteiger partial charge in [0.25, 0.3) is 0 Å². The van der Waals surface area contributed by atoms with Crippen LogP contribution in [0.4, 0.5) is 0 Å². The first-order chi connectivity index (χ1) is 9.18. The first kappa shape index (κ1) is 12.7. The summed E-state index contributed by atoms with van der Waals surface area (Å²) in [5.74, 6) is 0. The van der Waals surface area contributed by atoms with Crippen LogP contribution in [0.1, 0.15) is 17.5 Å². The van der Waals surface area contributed by atoms with Crippen LogP contribution in [0.2, 0.25) is 0 Å². The van der Waals surface area contributed by atoms with Crippen LogP contribution in [-0.4, -0.2) is 41.8 Å². The molecule has 4 heteroatoms. The molecule has 1 aromatic carbocycles. The molecule has 1 aliphatic rings. The summed E-state index contributed by atoms with van der Waals surface area (Å²) < 4.78 is 2.27. The van der Waals surface area contributed by atoms with Crippen molar-refractivity contribution in [1.29, 1.82) is 0 Å². The van der Waals surface area contributed by atoms with Gasteiger partial charge in [0.1, 0.15) is 6.23 Å². The molecular formula is C15H21N3O. The predicted molar refractivity (Wildman–Crippen MR) is 77.2 cm³/mol. The maximum atomic E-state index is 10.3. The predicted octanol–water partition coefficient (Wildman–Crippen LogP) is 1.34. The molecule has 0 amide bonds. The van der Waals surface area contributed by atoms with E-state index in [-0.39, 0.29) is 0 Å². The largest absolute Gasteiger partial charge is 0.373 e. The highest BCUT2D eigenvalue weighted by Gasteiger charge is 2.25. The Balaban J connectivity index is 2.14. The quantitative estimate of drug-likeness (QED) is 0.874. The van der Waals surface area contributed by atoms with Crippen molar-refractivity contribution < 1.29 is 5.11 Å². The molecule has 0 bridgehead atoms. The lowest BCUT2D eigenvalue weighted by molar-refractivity contribution is 0.123. The summed E-state index contributed by atoms with van der Waals surface area (Å²) in [6.07, 6.45) is 0.445. The molecule has 1 aliphatic heterocycles. The fourth-order valence-electron chi connectivity index (χ4n) is 2.94. The zero-order chi connectivity index (χ0) is 13.4. The molecule has 1 atom stereocenters. The number of para-hydroxylation sites is 1. The molecule has 1 unspecified atom stereocenters. The van der Waals surface area contributed by atoms with E-state index in [0.29, 0.717) is 0 Å². The summed E-state index contributed by atoms with van der Waals surface area (Å²) in [5, 5.41) is 14.7. The number of aliphatic hydroxyl groups excluding tert-OH is 1. The topological polar surface area (TPSA) is 40.4 Å². The lowest BCUT2D eigenvalue weighted by Crippen LogP contribution is -2.32. The minimum absolute atomic E-state index is 0.543. The Kier molecular flexibility index (Phi) is 3.31. The van der Waals surface area contributed by atoms with Crippen LogP contribution in [0.5, 0.6) is 0 Å². The standard InChI is InChI=1S/C15H21N3O/c1-17(2)9-10-18-13-6-4-3-5-11(13)12-7-8-16-15(19)14(12)18/h3-6,15-16,19H,7-10H2,1-2H3. The molecule has 0 radical (unpaired) electrons. The number of hydrogen-bond donors (Lipinski definition) is 2. The number of fused-ring (bicyclic) bond motifs is 3. The van der Waals surface area contributed by atoms with Crippen LogP contribution in [0, 0.1) is 0 Å². The summed E-state index contributed by atoms with van der Waals surface area (Å²) in [7, 11) is 4.15. The number of rotatable bonds is 3. The fourth-order valence-corrected chi connectivity index (χ4v) is 2.94. The molecule has 4 nitrogen and oxygen atoms in total. The number of likely N-dealkylation sites (N-methyl/N-ethyl adjacent to an activating group) is 1. The maximum Gasteiger partial charge on any atom is 0.146 e. The third-order valence-corrected chi connectivity index (χ3v) is 3.86. The average Bonchev–Trinajstić information content (AvgIpc) is 2.72. The molecule has 2 aromatic rings. The summed E-state index contributed by atoms with van der Waals surface area (Å²) in [5.41, 5.74) is 3.59. The SMILES string of the molecule is CN(C)CCn1c2c(c3ccccc31)CCNC2O. The highest BCUT2D eigenvalue weighted by molar-refractivity contribution is 5.86. The van der Waals surface area contributed by atoms with Gasteiger partial charge >= 0.3 is 0 Å². The van der Waals surface area contributed by atoms with Crippen LogP contribution in [0.15, 0.2) is 24.3 Å². The zero-order valence-electron chi connectivity index (χ0n) is 11.6. The van der Waals surface area contributed by atoms with Crippen molar-refractivity contribution in [2.45, 2.75) is 19.2 Å². The minimum Gasteiger partial charge on any atom is -0.373 e. The van der Waals surface area contributed by atoms with Crippen molar-refractivity contribution in [1.82, 2.24) is 14.8 Å². The van der Waals surface area contributed by atoms with Gasteiger partial charge < -0.3 is 14.6 Å². The van der Waals surface area contributed by atoms with Crippen molar-refractivity contribution in [3.8, 4) is 0 Å². The highest BCUT2D eigenvalue weighted by Crippen LogP contribution is 2.32. The van der Waals surface area contributed by atoms with Gasteiger partial charge in [0.15, 0.2) is 0 Å². The van der Waals surface area contributed by atoms with Crippen LogP contribution < -0.4 is 5.32 Å². The zero-order valence-corrected chi connectivity index (χ0v) is 11.6. The molecule has 0 saturated carbocycles. The van der Waals surface area contributed by atoms with Crippen molar-refractivity contribution in [3.05, 3.63) is 35.5 Å². The summed E-state index contributed by atoms with van der Waals surface area (Å²) in [6.45, 7) is 2.72. The molecule has 1 aromatic heterocycles. The minimum atomic E-state index is -0.543. The monoisotopic (exact) mass is 259 g/mol. The van der Waals surface area contributed by atoms with Gasteiger partial charge in [-0.25, -0.2) is 0 Å². The highest BCUT2D eigenvalue weighted by atomic mass is 16.3. The van der Waals surface area contributed by atoms with Crippen molar-refractivity contribution >= 4 is 10.9 Å². The van der Waals surface area contributed by atoms with Gasteiger partial charge in [-0.05, 0) is 32.1 Å². The molecular weight excluding hydrogens is 238 g/mol. The number of benzene rings is 1. The van der Waals surface area contributed by atoms with E-state index in [9.17, 15) is 5.11 Å². The third kappa shape index (κ3) is 2.16. The van der Waals surface area contributed by atoms with E-state index in [2.05, 4.69) is 53.1 Å². The second-order valence-electron chi connectivity index (χ2n) is 5.44. The van der Waals surface area contributed by atoms with Crippen LogP contribution >= 0.6 is 0 Å². The Morgan fingerprint density at radius 1 is 1.37 bits per heavy atom. The van der Waals surface area contributed by atoms with Gasteiger partial charge in [-0.1, -0.05) is 18.2 Å². The number of aromatic nitrogens is 1. The Morgan fingerprint density at radius 3 is 2.95 bits per heavy atom. The van der Waals surface area contributed by atoms with Crippen LogP contribution in [-0.2, 0) is 13.0 Å². The van der Waals surface area contributed by atoms with Crippen molar-refractivity contribution in [2.75, 3.05) is 27.2 Å². The van der Waals surface area contributed by atoms with E-state index in [4.69, 9.17) is 0 Å². The summed E-state index contributed by atoms with van der Waals surface area (Å²) in [4.78, 5) is 2.17. The van der Waals surface area contributed by atoms with E-state index in [1.54, 1.807) is 0 Å². The lowest BCUT2D eigenvalue weighted by atomic mass is 10.0. The molecule has 0 fully saturated rings. The molecule has 102 valence electrons. The van der Waals surface area contributed by atoms with Gasteiger partial charge in [0.2, 0.25) is 0 Å². The fraction of sp³-hybridized carbons (Fsp3) is 0.467. The Bertz CT molecular complexity index is 588. The number of aliphatic hydroxyl groups is 1. The molecule has 19 heavy (non-hydrogen) atoms. The Morgan fingerprint density at radius 2 is 2.16 bits per heavy atom. The van der Waals surface area contributed by atoms with E-state index in [1.165, 1.54) is 16.5 Å². The first-order valence-corrected chi connectivity index (χ1v) is 6.84. The first-order valence-electron chi connectivity index (χ1n) is 6.84. The summed E-state index contributed by atoms with van der Waals surface area (Å²) in [6, 6.07) is 8.46. The molecule has 0 aliphatic carbocycles. The van der Waals surface area contributed by atoms with E-state index >= 15 is 0 Å². The number of hydrogen-bond acceptors (Lipinski definition) is 3. The normalized spacial score (nSPS) is 19.1. The van der Waals surface area contributed by atoms with Gasteiger partial charge in [-0.2, -0.15) is 0 Å². The number of nitrogens with zero attached hydrogens (tertiary/aromatic N) is 2. The second-order valence-corrected chi connectivity index (χ2v) is 5.44. The second kappa shape index (κ2) is 4.96. The Labute approximate surface area is 113 Å². The molecule has 3 rings (SSSR count). The van der Waals surface area contributed by atoms with Crippen LogP contribution in [0.25, 0.3) is 10.9 Å². The lowest BCUT2D eigenvalue weighted by Gasteiger charge is -2.23. The van der Waals surface area contributed by atoms with E-state index in [1.807, 2.05) is 0 Å². The average molecular weight is 259 g/mol. The van der Waals surface area contributed by atoms with E-state index in [0.717, 1.165) is 31.7 Å². The molecule has 0 spiro atoms. The third-order valence-electron chi connectivity index (χ3n) is 3.86. The van der Waals surface area contributed by atoms with Crippen molar-refractivity contribution in [3.63, 3.8) is 0 Å².